The quantitative estimate of drug-likeness (QED) is 0.588. The number of amides is 2. The number of halogens is 2. The molecule has 6 nitrogen and oxygen atoms in total. The van der Waals surface area contributed by atoms with Gasteiger partial charge in [-0.25, -0.2) is 4.79 Å². The van der Waals surface area contributed by atoms with Crippen molar-refractivity contribution in [3.05, 3.63) is 33.8 Å². The van der Waals surface area contributed by atoms with Crippen LogP contribution in [0.4, 0.5) is 4.79 Å². The SMILES string of the molecule is COCCC(NC(=O)NCCCC(=O)O)c1ccc(Cl)c(Cl)c1. The molecular weight excluding hydrogens is 343 g/mol. The fourth-order valence-electron chi connectivity index (χ4n) is 1.94. The monoisotopic (exact) mass is 362 g/mol. The van der Waals surface area contributed by atoms with Crippen LogP contribution in [0.2, 0.25) is 10.0 Å². The van der Waals surface area contributed by atoms with Crippen molar-refractivity contribution in [2.45, 2.75) is 25.3 Å². The van der Waals surface area contributed by atoms with Gasteiger partial charge < -0.3 is 20.5 Å². The fraction of sp³-hybridized carbons (Fsp3) is 0.467. The van der Waals surface area contributed by atoms with Gasteiger partial charge in [-0.15, -0.1) is 0 Å². The summed E-state index contributed by atoms with van der Waals surface area (Å²) in [6.45, 7) is 0.751. The van der Waals surface area contributed by atoms with Crippen LogP contribution in [0.15, 0.2) is 18.2 Å². The predicted octanol–water partition coefficient (Wildman–Crippen LogP) is 3.24. The summed E-state index contributed by atoms with van der Waals surface area (Å²) in [6, 6.07) is 4.51. The van der Waals surface area contributed by atoms with Gasteiger partial charge in [0.05, 0.1) is 16.1 Å². The van der Waals surface area contributed by atoms with Crippen LogP contribution in [0.1, 0.15) is 30.9 Å². The molecule has 1 unspecified atom stereocenters. The molecule has 23 heavy (non-hydrogen) atoms. The van der Waals surface area contributed by atoms with Gasteiger partial charge in [-0.3, -0.25) is 4.79 Å². The van der Waals surface area contributed by atoms with E-state index in [1.54, 1.807) is 25.3 Å². The highest BCUT2D eigenvalue weighted by molar-refractivity contribution is 6.42. The van der Waals surface area contributed by atoms with Crippen LogP contribution in [-0.4, -0.2) is 37.4 Å². The number of methoxy groups -OCH3 is 1. The summed E-state index contributed by atoms with van der Waals surface area (Å²) < 4.78 is 5.06. The van der Waals surface area contributed by atoms with Gasteiger partial charge in [0.2, 0.25) is 0 Å². The van der Waals surface area contributed by atoms with Crippen molar-refractivity contribution in [1.82, 2.24) is 10.6 Å². The molecule has 0 fully saturated rings. The van der Waals surface area contributed by atoms with Crippen LogP contribution in [0.5, 0.6) is 0 Å². The second kappa shape index (κ2) is 10.3. The molecule has 8 heteroatoms. The summed E-state index contributed by atoms with van der Waals surface area (Å²) in [6.07, 6.45) is 0.954. The number of carboxylic acids is 1. The van der Waals surface area contributed by atoms with Crippen molar-refractivity contribution < 1.29 is 19.4 Å². The van der Waals surface area contributed by atoms with E-state index < -0.39 is 5.97 Å². The number of hydrogen-bond acceptors (Lipinski definition) is 3. The fourth-order valence-corrected chi connectivity index (χ4v) is 2.24. The number of carbonyl (C=O) groups excluding carboxylic acids is 1. The van der Waals surface area contributed by atoms with E-state index in [0.717, 1.165) is 5.56 Å². The standard InChI is InChI=1S/C15H20Cl2N2O4/c1-23-8-6-13(10-4-5-11(16)12(17)9-10)19-15(22)18-7-2-3-14(20)21/h4-5,9,13H,2-3,6-8H2,1H3,(H,20,21)(H2,18,19,22). The lowest BCUT2D eigenvalue weighted by Crippen LogP contribution is -2.38. The Morgan fingerprint density at radius 1 is 1.30 bits per heavy atom. The Hall–Kier alpha value is -1.50. The highest BCUT2D eigenvalue weighted by atomic mass is 35.5. The molecule has 0 saturated carbocycles. The summed E-state index contributed by atoms with van der Waals surface area (Å²) >= 11 is 11.9. The topological polar surface area (TPSA) is 87.7 Å². The van der Waals surface area contributed by atoms with E-state index in [0.29, 0.717) is 29.5 Å². The van der Waals surface area contributed by atoms with Crippen LogP contribution in [0, 0.1) is 0 Å². The Kier molecular flexibility index (Phi) is 8.76. The normalized spacial score (nSPS) is 11.8. The van der Waals surface area contributed by atoms with Crippen molar-refractivity contribution in [3.63, 3.8) is 0 Å². The smallest absolute Gasteiger partial charge is 0.315 e. The second-order valence-electron chi connectivity index (χ2n) is 4.91. The first-order valence-electron chi connectivity index (χ1n) is 7.14. The molecule has 0 aliphatic carbocycles. The lowest BCUT2D eigenvalue weighted by molar-refractivity contribution is -0.137. The number of ether oxygens (including phenoxy) is 1. The molecule has 0 aliphatic heterocycles. The summed E-state index contributed by atoms with van der Waals surface area (Å²) in [7, 11) is 1.58. The maximum Gasteiger partial charge on any atom is 0.315 e. The van der Waals surface area contributed by atoms with E-state index in [1.165, 1.54) is 0 Å². The number of carboxylic acid groups (broad SMARTS) is 1. The maximum absolute atomic E-state index is 11.9. The number of nitrogens with one attached hydrogen (secondary N) is 2. The van der Waals surface area contributed by atoms with E-state index in [9.17, 15) is 9.59 Å². The minimum Gasteiger partial charge on any atom is -0.481 e. The first kappa shape index (κ1) is 19.5. The molecule has 3 N–H and O–H groups in total. The van der Waals surface area contributed by atoms with Gasteiger partial charge >= 0.3 is 12.0 Å². The first-order chi connectivity index (χ1) is 10.9. The molecule has 1 rings (SSSR count). The Morgan fingerprint density at radius 2 is 2.04 bits per heavy atom. The second-order valence-corrected chi connectivity index (χ2v) is 5.72. The summed E-state index contributed by atoms with van der Waals surface area (Å²) in [4.78, 5) is 22.3. The third kappa shape index (κ3) is 7.54. The molecule has 0 aliphatic rings. The molecular formula is C15H20Cl2N2O4. The summed E-state index contributed by atoms with van der Waals surface area (Å²) in [5.74, 6) is -0.888. The number of hydrogen-bond donors (Lipinski definition) is 3. The van der Waals surface area contributed by atoms with Crippen LogP contribution in [0.3, 0.4) is 0 Å². The van der Waals surface area contributed by atoms with Gasteiger partial charge in [-0.1, -0.05) is 29.3 Å². The minimum absolute atomic E-state index is 0.0141. The van der Waals surface area contributed by atoms with E-state index in [-0.39, 0.29) is 25.0 Å². The summed E-state index contributed by atoms with van der Waals surface area (Å²) in [5.41, 5.74) is 0.817. The molecule has 0 spiro atoms. The molecule has 0 heterocycles. The number of rotatable bonds is 9. The zero-order valence-electron chi connectivity index (χ0n) is 12.8. The summed E-state index contributed by atoms with van der Waals surface area (Å²) in [5, 5.41) is 14.9. The van der Waals surface area contributed by atoms with Gasteiger partial charge in [0, 0.05) is 26.7 Å². The molecule has 0 aromatic heterocycles. The van der Waals surface area contributed by atoms with Crippen molar-refractivity contribution >= 4 is 35.2 Å². The Morgan fingerprint density at radius 3 is 2.65 bits per heavy atom. The van der Waals surface area contributed by atoms with Gasteiger partial charge in [0.25, 0.3) is 0 Å². The number of carbonyl (C=O) groups is 2. The van der Waals surface area contributed by atoms with Gasteiger partial charge in [0.1, 0.15) is 0 Å². The molecule has 0 radical (unpaired) electrons. The minimum atomic E-state index is -0.888. The number of benzene rings is 1. The molecule has 1 aromatic rings. The van der Waals surface area contributed by atoms with Gasteiger partial charge in [-0.2, -0.15) is 0 Å². The molecule has 1 atom stereocenters. The van der Waals surface area contributed by atoms with E-state index in [1.807, 2.05) is 0 Å². The Labute approximate surface area is 145 Å². The van der Waals surface area contributed by atoms with Crippen LogP contribution < -0.4 is 10.6 Å². The number of aliphatic carboxylic acids is 1. The number of urea groups is 1. The van der Waals surface area contributed by atoms with Crippen molar-refractivity contribution in [1.29, 1.82) is 0 Å². The average molecular weight is 363 g/mol. The molecule has 128 valence electrons. The molecule has 0 saturated heterocycles. The third-order valence-corrected chi connectivity index (χ3v) is 3.85. The van der Waals surface area contributed by atoms with Crippen molar-refractivity contribution in [2.75, 3.05) is 20.3 Å². The highest BCUT2D eigenvalue weighted by Gasteiger charge is 2.15. The van der Waals surface area contributed by atoms with E-state index >= 15 is 0 Å². The zero-order valence-corrected chi connectivity index (χ0v) is 14.3. The third-order valence-electron chi connectivity index (χ3n) is 3.11. The zero-order chi connectivity index (χ0) is 17.2. The van der Waals surface area contributed by atoms with Crippen LogP contribution in [0.25, 0.3) is 0 Å². The van der Waals surface area contributed by atoms with Crippen molar-refractivity contribution in [3.8, 4) is 0 Å². The molecule has 1 aromatic carbocycles. The lowest BCUT2D eigenvalue weighted by atomic mass is 10.0. The van der Waals surface area contributed by atoms with Gasteiger partial charge in [-0.05, 0) is 30.5 Å². The largest absolute Gasteiger partial charge is 0.481 e. The van der Waals surface area contributed by atoms with Crippen LogP contribution in [-0.2, 0) is 9.53 Å². The molecule has 0 bridgehead atoms. The van der Waals surface area contributed by atoms with Crippen LogP contribution >= 0.6 is 23.2 Å². The predicted molar refractivity (Wildman–Crippen MR) is 89.1 cm³/mol. The van der Waals surface area contributed by atoms with Gasteiger partial charge in [0.15, 0.2) is 0 Å². The van der Waals surface area contributed by atoms with E-state index in [4.69, 9.17) is 33.0 Å². The maximum atomic E-state index is 11.9. The average Bonchev–Trinajstić information content (AvgIpc) is 2.50. The lowest BCUT2D eigenvalue weighted by Gasteiger charge is -2.20. The highest BCUT2D eigenvalue weighted by Crippen LogP contribution is 2.27. The Balaban J connectivity index is 2.61. The first-order valence-corrected chi connectivity index (χ1v) is 7.89. The van der Waals surface area contributed by atoms with E-state index in [2.05, 4.69) is 10.6 Å². The Bertz CT molecular complexity index is 540. The van der Waals surface area contributed by atoms with Crippen molar-refractivity contribution in [2.24, 2.45) is 0 Å². The molecule has 2 amide bonds.